The maximum atomic E-state index is 12.0. The highest BCUT2D eigenvalue weighted by atomic mass is 32.2. The average Bonchev–Trinajstić information content (AvgIpc) is 2.84. The van der Waals surface area contributed by atoms with Crippen LogP contribution < -0.4 is 11.1 Å². The van der Waals surface area contributed by atoms with Gasteiger partial charge in [-0.05, 0) is 17.9 Å². The highest BCUT2D eigenvalue weighted by molar-refractivity contribution is 7.84. The molecule has 3 N–H and O–H groups in total. The van der Waals surface area contributed by atoms with Gasteiger partial charge in [0.15, 0.2) is 0 Å². The van der Waals surface area contributed by atoms with Crippen LogP contribution in [0.2, 0.25) is 0 Å². The zero-order chi connectivity index (χ0) is 14.3. The van der Waals surface area contributed by atoms with E-state index in [1.165, 1.54) is 11.3 Å². The number of carbonyl (C=O) groups excluding carboxylic acids is 1. The minimum atomic E-state index is -0.855. The first-order valence-corrected chi connectivity index (χ1v) is 8.43. The summed E-state index contributed by atoms with van der Waals surface area (Å²) in [7, 11) is -0.855. The molecule has 0 fully saturated rings. The van der Waals surface area contributed by atoms with Gasteiger partial charge in [0.1, 0.15) is 4.88 Å². The molecule has 1 rings (SSSR count). The third-order valence-electron chi connectivity index (χ3n) is 2.60. The van der Waals surface area contributed by atoms with Gasteiger partial charge in [-0.25, -0.2) is 0 Å². The molecule has 2 unspecified atom stereocenters. The molecule has 1 heterocycles. The highest BCUT2D eigenvalue weighted by Crippen LogP contribution is 2.15. The number of thiophene rings is 1. The fourth-order valence-electron chi connectivity index (χ4n) is 1.36. The summed E-state index contributed by atoms with van der Waals surface area (Å²) in [4.78, 5) is 12.6. The van der Waals surface area contributed by atoms with Crippen LogP contribution in [-0.2, 0) is 10.8 Å². The zero-order valence-corrected chi connectivity index (χ0v) is 12.7. The van der Waals surface area contributed by atoms with E-state index in [1.54, 1.807) is 6.26 Å². The molecule has 1 amide bonds. The molecule has 104 valence electrons. The molecule has 4 nitrogen and oxygen atoms in total. The van der Waals surface area contributed by atoms with Crippen molar-refractivity contribution in [3.63, 3.8) is 0 Å². The Morgan fingerprint density at radius 2 is 2.37 bits per heavy atom. The van der Waals surface area contributed by atoms with Gasteiger partial charge in [0, 0.05) is 34.4 Å². The summed E-state index contributed by atoms with van der Waals surface area (Å²) in [5.41, 5.74) is 6.02. The van der Waals surface area contributed by atoms with E-state index in [9.17, 15) is 9.00 Å². The number of rotatable bonds is 5. The Morgan fingerprint density at radius 1 is 1.63 bits per heavy atom. The lowest BCUT2D eigenvalue weighted by Gasteiger charge is -2.08. The van der Waals surface area contributed by atoms with Gasteiger partial charge in [-0.2, -0.15) is 0 Å². The Morgan fingerprint density at radius 3 is 3.00 bits per heavy atom. The number of hydrogen-bond donors (Lipinski definition) is 2. The van der Waals surface area contributed by atoms with E-state index in [4.69, 9.17) is 5.73 Å². The van der Waals surface area contributed by atoms with E-state index in [-0.39, 0.29) is 17.7 Å². The third kappa shape index (κ3) is 5.15. The maximum Gasteiger partial charge on any atom is 0.262 e. The number of carbonyl (C=O) groups is 1. The molecule has 0 radical (unpaired) electrons. The molecule has 19 heavy (non-hydrogen) atoms. The maximum absolute atomic E-state index is 12.0. The molecule has 0 aliphatic rings. The monoisotopic (exact) mass is 298 g/mol. The van der Waals surface area contributed by atoms with Crippen molar-refractivity contribution in [2.75, 3.05) is 19.3 Å². The first kappa shape index (κ1) is 15.9. The van der Waals surface area contributed by atoms with Crippen molar-refractivity contribution in [1.82, 2.24) is 5.32 Å². The van der Waals surface area contributed by atoms with Crippen LogP contribution in [0.3, 0.4) is 0 Å². The van der Waals surface area contributed by atoms with Crippen molar-refractivity contribution in [1.29, 1.82) is 0 Å². The van der Waals surface area contributed by atoms with E-state index in [1.807, 2.05) is 18.4 Å². The molecule has 0 aliphatic heterocycles. The summed E-state index contributed by atoms with van der Waals surface area (Å²) in [5, 5.41) is 4.74. The van der Waals surface area contributed by atoms with Gasteiger partial charge in [0.25, 0.3) is 5.91 Å². The smallest absolute Gasteiger partial charge is 0.262 e. The molecule has 6 heteroatoms. The molecule has 2 atom stereocenters. The van der Waals surface area contributed by atoms with Crippen molar-refractivity contribution in [2.24, 2.45) is 5.73 Å². The Balaban J connectivity index is 2.55. The molecule has 0 saturated carbocycles. The van der Waals surface area contributed by atoms with E-state index in [0.717, 1.165) is 0 Å². The van der Waals surface area contributed by atoms with E-state index in [2.05, 4.69) is 17.2 Å². The van der Waals surface area contributed by atoms with Crippen molar-refractivity contribution < 1.29 is 9.00 Å². The Labute approximate surface area is 120 Å². The summed E-state index contributed by atoms with van der Waals surface area (Å²) in [5.74, 6) is 5.48. The molecule has 0 bridgehead atoms. The number of hydrogen-bond acceptors (Lipinski definition) is 4. The van der Waals surface area contributed by atoms with Gasteiger partial charge in [-0.15, -0.1) is 11.3 Å². The van der Waals surface area contributed by atoms with Crippen LogP contribution in [0.15, 0.2) is 11.4 Å². The molecule has 1 aromatic heterocycles. The van der Waals surface area contributed by atoms with Crippen LogP contribution in [0, 0.1) is 11.8 Å². The normalized spacial score (nSPS) is 13.2. The fraction of sp³-hybridized carbons (Fsp3) is 0.462. The second kappa shape index (κ2) is 8.10. The summed E-state index contributed by atoms with van der Waals surface area (Å²) >= 11 is 1.36. The lowest BCUT2D eigenvalue weighted by Crippen LogP contribution is -2.27. The lowest BCUT2D eigenvalue weighted by molar-refractivity contribution is 0.0957. The van der Waals surface area contributed by atoms with E-state index in [0.29, 0.717) is 23.4 Å². The molecule has 1 aromatic rings. The standard InChI is InChI=1S/C13H18N2O2S2/c1-10(19(2)17)5-8-15-13(16)12-11(4-3-7-14)6-9-18-12/h6,9-10H,5,7-8,14H2,1-2H3,(H,15,16). The number of amides is 1. The fourth-order valence-corrected chi connectivity index (χ4v) is 2.58. The van der Waals surface area contributed by atoms with Crippen LogP contribution in [0.5, 0.6) is 0 Å². The average molecular weight is 298 g/mol. The lowest BCUT2D eigenvalue weighted by atomic mass is 10.2. The predicted molar refractivity (Wildman–Crippen MR) is 80.7 cm³/mol. The number of nitrogens with two attached hydrogens (primary N) is 1. The largest absolute Gasteiger partial charge is 0.351 e. The predicted octanol–water partition coefficient (Wildman–Crippen LogP) is 0.945. The minimum Gasteiger partial charge on any atom is -0.351 e. The molecule has 0 aliphatic carbocycles. The quantitative estimate of drug-likeness (QED) is 0.795. The topological polar surface area (TPSA) is 72.2 Å². The first-order valence-electron chi connectivity index (χ1n) is 5.93. The van der Waals surface area contributed by atoms with Gasteiger partial charge in [-0.3, -0.25) is 9.00 Å². The summed E-state index contributed by atoms with van der Waals surface area (Å²) in [6.07, 6.45) is 2.37. The highest BCUT2D eigenvalue weighted by Gasteiger charge is 2.12. The van der Waals surface area contributed by atoms with Crippen LogP contribution in [-0.4, -0.2) is 34.7 Å². The molecular weight excluding hydrogens is 280 g/mol. The van der Waals surface area contributed by atoms with Crippen molar-refractivity contribution in [3.05, 3.63) is 21.9 Å². The third-order valence-corrected chi connectivity index (χ3v) is 4.88. The molecule has 0 saturated heterocycles. The SMILES string of the molecule is CC(CCNC(=O)c1sccc1C#CCN)S(C)=O. The van der Waals surface area contributed by atoms with Crippen LogP contribution in [0.4, 0.5) is 0 Å². The summed E-state index contributed by atoms with van der Waals surface area (Å²) < 4.78 is 11.2. The van der Waals surface area contributed by atoms with Gasteiger partial charge in [0.05, 0.1) is 6.54 Å². The van der Waals surface area contributed by atoms with Gasteiger partial charge in [0.2, 0.25) is 0 Å². The Kier molecular flexibility index (Phi) is 6.78. The van der Waals surface area contributed by atoms with Gasteiger partial charge < -0.3 is 11.1 Å². The minimum absolute atomic E-state index is 0.0835. The van der Waals surface area contributed by atoms with Crippen molar-refractivity contribution in [3.8, 4) is 11.8 Å². The zero-order valence-electron chi connectivity index (χ0n) is 11.1. The summed E-state index contributed by atoms with van der Waals surface area (Å²) in [6.45, 7) is 2.70. The Bertz CT molecular complexity index is 514. The van der Waals surface area contributed by atoms with Crippen molar-refractivity contribution in [2.45, 2.75) is 18.6 Å². The number of nitrogens with one attached hydrogen (secondary N) is 1. The van der Waals surface area contributed by atoms with Crippen molar-refractivity contribution >= 4 is 28.0 Å². The second-order valence-corrected chi connectivity index (χ2v) is 6.74. The van der Waals surface area contributed by atoms with Crippen LogP contribution in [0.25, 0.3) is 0 Å². The van der Waals surface area contributed by atoms with Gasteiger partial charge in [-0.1, -0.05) is 18.8 Å². The van der Waals surface area contributed by atoms with Crippen LogP contribution in [0.1, 0.15) is 28.6 Å². The van der Waals surface area contributed by atoms with E-state index < -0.39 is 10.8 Å². The molecule has 0 spiro atoms. The molecule has 0 aromatic carbocycles. The van der Waals surface area contributed by atoms with Gasteiger partial charge >= 0.3 is 0 Å². The molecular formula is C13H18N2O2S2. The summed E-state index contributed by atoms with van der Waals surface area (Å²) in [6, 6.07) is 1.81. The first-order chi connectivity index (χ1) is 9.06. The Hall–Kier alpha value is -1.16. The van der Waals surface area contributed by atoms with E-state index >= 15 is 0 Å². The second-order valence-electron chi connectivity index (χ2n) is 4.02. The van der Waals surface area contributed by atoms with Crippen LogP contribution >= 0.6 is 11.3 Å².